The summed E-state index contributed by atoms with van der Waals surface area (Å²) >= 11 is 0. The molecule has 2 aromatic carbocycles. The lowest BCUT2D eigenvalue weighted by molar-refractivity contribution is 0.159. The van der Waals surface area contributed by atoms with E-state index < -0.39 is 6.03 Å². The Morgan fingerprint density at radius 2 is 1.90 bits per heavy atom. The van der Waals surface area contributed by atoms with Gasteiger partial charge in [0.25, 0.3) is 5.56 Å². The molecule has 2 N–H and O–H groups in total. The van der Waals surface area contributed by atoms with Crippen molar-refractivity contribution in [1.29, 1.82) is 0 Å². The molecule has 0 radical (unpaired) electrons. The van der Waals surface area contributed by atoms with Gasteiger partial charge in [0.1, 0.15) is 11.6 Å². The van der Waals surface area contributed by atoms with E-state index in [1.54, 1.807) is 31.1 Å². The van der Waals surface area contributed by atoms with Crippen LogP contribution in [0.5, 0.6) is 0 Å². The Bertz CT molecular complexity index is 1550. The molecule has 2 amide bonds. The summed E-state index contributed by atoms with van der Waals surface area (Å²) in [6.07, 6.45) is 1.69. The van der Waals surface area contributed by atoms with Crippen LogP contribution in [0.15, 0.2) is 77.7 Å². The predicted octanol–water partition coefficient (Wildman–Crippen LogP) is 3.92. The number of benzene rings is 2. The van der Waals surface area contributed by atoms with E-state index in [1.165, 1.54) is 22.8 Å². The van der Waals surface area contributed by atoms with Crippen molar-refractivity contribution in [2.24, 2.45) is 7.05 Å². The van der Waals surface area contributed by atoms with Crippen LogP contribution in [-0.2, 0) is 11.8 Å². The lowest BCUT2D eigenvalue weighted by Gasteiger charge is -2.21. The van der Waals surface area contributed by atoms with Crippen molar-refractivity contribution in [2.75, 3.05) is 38.7 Å². The van der Waals surface area contributed by atoms with Crippen molar-refractivity contribution in [2.45, 2.75) is 18.9 Å². The fourth-order valence-corrected chi connectivity index (χ4v) is 5.19. The van der Waals surface area contributed by atoms with Crippen LogP contribution in [0.4, 0.5) is 15.0 Å². The molecule has 1 saturated heterocycles. The van der Waals surface area contributed by atoms with E-state index in [0.717, 1.165) is 16.8 Å². The molecule has 10 heteroatoms. The average Bonchev–Trinajstić information content (AvgIpc) is 3.50. The van der Waals surface area contributed by atoms with Gasteiger partial charge in [0.05, 0.1) is 24.0 Å². The van der Waals surface area contributed by atoms with E-state index in [9.17, 15) is 14.0 Å². The summed E-state index contributed by atoms with van der Waals surface area (Å²) in [5.41, 5.74) is 3.43. The molecule has 1 fully saturated rings. The van der Waals surface area contributed by atoms with Crippen LogP contribution in [0.2, 0.25) is 0 Å². The molecule has 1 aliphatic rings. The molecule has 4 aromatic rings. The maximum absolute atomic E-state index is 14.1. The van der Waals surface area contributed by atoms with E-state index in [-0.39, 0.29) is 23.3 Å². The molecule has 1 aliphatic heterocycles. The number of amides is 2. The number of hydrogen-bond donors (Lipinski definition) is 2. The number of aryl methyl sites for hydroxylation is 1. The third-order valence-corrected chi connectivity index (χ3v) is 7.33. The number of anilines is 1. The first-order valence-corrected chi connectivity index (χ1v) is 13.2. The van der Waals surface area contributed by atoms with Gasteiger partial charge in [0.15, 0.2) is 0 Å². The van der Waals surface area contributed by atoms with Gasteiger partial charge < -0.3 is 14.6 Å². The quantitative estimate of drug-likeness (QED) is 0.351. The first-order valence-electron chi connectivity index (χ1n) is 13.2. The number of urea groups is 1. The van der Waals surface area contributed by atoms with Gasteiger partial charge in [0.2, 0.25) is 0 Å². The maximum Gasteiger partial charge on any atom is 0.320 e. The molecule has 3 heterocycles. The largest absolute Gasteiger partial charge is 0.383 e. The first-order chi connectivity index (χ1) is 19.3. The van der Waals surface area contributed by atoms with Gasteiger partial charge in [-0.2, -0.15) is 5.10 Å². The van der Waals surface area contributed by atoms with Crippen molar-refractivity contribution in [3.8, 4) is 16.9 Å². The zero-order chi connectivity index (χ0) is 28.2. The van der Waals surface area contributed by atoms with E-state index in [2.05, 4.69) is 15.5 Å². The highest BCUT2D eigenvalue weighted by atomic mass is 19.1. The number of aromatic nitrogens is 3. The third kappa shape index (κ3) is 5.83. The summed E-state index contributed by atoms with van der Waals surface area (Å²) in [4.78, 5) is 28.0. The number of methoxy groups -OCH3 is 1. The number of pyridine rings is 1. The van der Waals surface area contributed by atoms with Crippen LogP contribution in [0.25, 0.3) is 16.9 Å². The Balaban J connectivity index is 1.44. The normalized spacial score (nSPS) is 17.2. The van der Waals surface area contributed by atoms with Crippen LogP contribution in [0.3, 0.4) is 0 Å². The van der Waals surface area contributed by atoms with Gasteiger partial charge >= 0.3 is 6.03 Å². The lowest BCUT2D eigenvalue weighted by Crippen LogP contribution is -2.42. The number of nitrogens with zero attached hydrogens (tertiary/aromatic N) is 4. The summed E-state index contributed by atoms with van der Waals surface area (Å²) in [7, 11) is 3.35. The zero-order valence-corrected chi connectivity index (χ0v) is 22.8. The van der Waals surface area contributed by atoms with E-state index in [4.69, 9.17) is 9.84 Å². The van der Waals surface area contributed by atoms with Gasteiger partial charge in [-0.25, -0.2) is 13.9 Å². The topological polar surface area (TPSA) is 93.4 Å². The Hall–Kier alpha value is -4.28. The highest BCUT2D eigenvalue weighted by Gasteiger charge is 2.35. The van der Waals surface area contributed by atoms with E-state index in [1.807, 2.05) is 49.4 Å². The minimum atomic E-state index is -0.393. The van der Waals surface area contributed by atoms with Gasteiger partial charge in [-0.1, -0.05) is 30.3 Å². The van der Waals surface area contributed by atoms with Crippen molar-refractivity contribution in [3.05, 3.63) is 100 Å². The molecule has 0 spiro atoms. The van der Waals surface area contributed by atoms with Gasteiger partial charge in [0, 0.05) is 63.1 Å². The number of hydrogen-bond acceptors (Lipinski definition) is 5. The number of likely N-dealkylation sites (tertiary alicyclic amines) is 1. The summed E-state index contributed by atoms with van der Waals surface area (Å²) in [5.74, 6) is 0.104. The lowest BCUT2D eigenvalue weighted by atomic mass is 9.94. The number of carbonyl (C=O) groups excluding carboxylic acids is 1. The molecule has 9 nitrogen and oxygen atoms in total. The number of halogens is 1. The average molecular weight is 545 g/mol. The number of carbonyl (C=O) groups is 1. The van der Waals surface area contributed by atoms with E-state index >= 15 is 0 Å². The van der Waals surface area contributed by atoms with Gasteiger partial charge in [-0.3, -0.25) is 15.0 Å². The summed E-state index contributed by atoms with van der Waals surface area (Å²) in [6.45, 7) is 4.42. The number of ether oxygens (including phenoxy) is 1. The molecule has 208 valence electrons. The maximum atomic E-state index is 14.1. The Morgan fingerprint density at radius 1 is 1.10 bits per heavy atom. The highest BCUT2D eigenvalue weighted by Crippen LogP contribution is 2.31. The molecule has 2 aromatic heterocycles. The van der Waals surface area contributed by atoms with Crippen molar-refractivity contribution < 1.29 is 13.9 Å². The van der Waals surface area contributed by atoms with Crippen LogP contribution < -0.4 is 16.2 Å². The molecule has 40 heavy (non-hydrogen) atoms. The van der Waals surface area contributed by atoms with Crippen LogP contribution >= 0.6 is 0 Å². The number of rotatable bonds is 8. The van der Waals surface area contributed by atoms with Crippen molar-refractivity contribution in [1.82, 2.24) is 24.6 Å². The highest BCUT2D eigenvalue weighted by molar-refractivity contribution is 5.91. The van der Waals surface area contributed by atoms with Gasteiger partial charge in [-0.05, 0) is 42.8 Å². The molecule has 0 bridgehead atoms. The SMILES string of the molecule is COCCN1CC(NC(=O)Nc2c(C)c(-c3ccn(C)c(=O)c3)nn2-c2ccccc2)C(c2cccc(F)c2)C1. The smallest absolute Gasteiger partial charge is 0.320 e. The minimum absolute atomic E-state index is 0.0884. The molecule has 2 unspecified atom stereocenters. The Morgan fingerprint density at radius 3 is 2.62 bits per heavy atom. The number of para-hydroxylation sites is 1. The third-order valence-electron chi connectivity index (χ3n) is 7.33. The van der Waals surface area contributed by atoms with Crippen molar-refractivity contribution >= 4 is 11.8 Å². The molecular formula is C30H33FN6O3. The zero-order valence-electron chi connectivity index (χ0n) is 22.8. The van der Waals surface area contributed by atoms with Crippen LogP contribution in [0.1, 0.15) is 17.0 Å². The van der Waals surface area contributed by atoms with Crippen LogP contribution in [-0.4, -0.2) is 64.7 Å². The predicted molar refractivity (Wildman–Crippen MR) is 152 cm³/mol. The summed E-state index contributed by atoms with van der Waals surface area (Å²) in [5, 5.41) is 10.9. The fourth-order valence-electron chi connectivity index (χ4n) is 5.19. The molecule has 0 aliphatic carbocycles. The number of nitrogens with one attached hydrogen (secondary N) is 2. The summed E-state index contributed by atoms with van der Waals surface area (Å²) in [6, 6.07) is 18.7. The second-order valence-electron chi connectivity index (χ2n) is 10.1. The second-order valence-corrected chi connectivity index (χ2v) is 10.1. The molecule has 5 rings (SSSR count). The van der Waals surface area contributed by atoms with Crippen LogP contribution in [0, 0.1) is 12.7 Å². The first kappa shape index (κ1) is 27.3. The molecule has 2 atom stereocenters. The Kier molecular flexibility index (Phi) is 8.09. The standard InChI is InChI=1S/C30H33FN6O3/c1-20-28(22-12-13-35(2)27(38)17-22)34-37(24-10-5-4-6-11-24)29(20)33-30(39)32-26-19-36(14-15-40-3)18-25(26)21-8-7-9-23(31)16-21/h4-13,16-17,25-26H,14-15,18-19H2,1-3H3,(H2,32,33,39). The fraction of sp³-hybridized carbons (Fsp3) is 0.300. The monoisotopic (exact) mass is 544 g/mol. The second kappa shape index (κ2) is 11.8. The summed E-state index contributed by atoms with van der Waals surface area (Å²) < 4.78 is 22.5. The Labute approximate surface area is 232 Å². The van der Waals surface area contributed by atoms with E-state index in [0.29, 0.717) is 43.3 Å². The van der Waals surface area contributed by atoms with Gasteiger partial charge in [-0.15, -0.1) is 0 Å². The minimum Gasteiger partial charge on any atom is -0.383 e. The van der Waals surface area contributed by atoms with Crippen molar-refractivity contribution in [3.63, 3.8) is 0 Å². The molecular weight excluding hydrogens is 511 g/mol. The molecule has 0 saturated carbocycles.